The Morgan fingerprint density at radius 1 is 1.30 bits per heavy atom. The molecule has 0 amide bonds. The van der Waals surface area contributed by atoms with Gasteiger partial charge >= 0.3 is 0 Å². The highest BCUT2D eigenvalue weighted by Crippen LogP contribution is 2.22. The van der Waals surface area contributed by atoms with E-state index in [4.69, 9.17) is 0 Å². The second kappa shape index (κ2) is 7.49. The van der Waals surface area contributed by atoms with Gasteiger partial charge in [0.1, 0.15) is 6.61 Å². The Kier molecular flexibility index (Phi) is 6.57. The fraction of sp³-hybridized carbons (Fsp3) is 0.231. The lowest BCUT2D eigenvalue weighted by Crippen LogP contribution is -3.00. The standard InChI is InChI=1S/C13H13Br2N2O2.BrH/c1-16-11(8-18)17(13(15)12(16)14)7-10(19)9-5-3-2-4-6-9;/h2-6,18H,7-8H2,1H3;1H/q+1;/p-1. The Morgan fingerprint density at radius 2 is 1.90 bits per heavy atom. The summed E-state index contributed by atoms with van der Waals surface area (Å²) in [6.07, 6.45) is 0. The van der Waals surface area contributed by atoms with E-state index in [1.807, 2.05) is 25.2 Å². The molecule has 0 aliphatic rings. The van der Waals surface area contributed by atoms with E-state index in [1.165, 1.54) is 0 Å². The zero-order valence-corrected chi connectivity index (χ0v) is 15.4. The molecular formula is C13H13Br3N2O2. The molecule has 0 spiro atoms. The number of carbonyl (C=O) groups excluding carboxylic acids is 1. The maximum Gasteiger partial charge on any atom is 0.284 e. The quantitative estimate of drug-likeness (QED) is 0.472. The van der Waals surface area contributed by atoms with Gasteiger partial charge in [-0.15, -0.1) is 0 Å². The molecule has 7 heteroatoms. The molecule has 0 unspecified atom stereocenters. The Labute approximate surface area is 144 Å². The number of aliphatic hydroxyl groups is 1. The minimum atomic E-state index is -0.136. The maximum atomic E-state index is 12.2. The molecule has 1 N–H and O–H groups in total. The topological polar surface area (TPSA) is 46.1 Å². The molecule has 2 aromatic rings. The van der Waals surface area contributed by atoms with Crippen molar-refractivity contribution in [3.05, 3.63) is 50.9 Å². The second-order valence-corrected chi connectivity index (χ2v) is 5.59. The number of Topliss-reactive ketones (excluding diaryl/α,β-unsaturated/α-hetero) is 1. The summed E-state index contributed by atoms with van der Waals surface area (Å²) in [4.78, 5) is 12.2. The van der Waals surface area contributed by atoms with Gasteiger partial charge in [-0.05, 0) is 0 Å². The largest absolute Gasteiger partial charge is 1.00 e. The molecule has 0 aliphatic heterocycles. The minimum absolute atomic E-state index is 0. The summed E-state index contributed by atoms with van der Waals surface area (Å²) in [7, 11) is 1.82. The summed E-state index contributed by atoms with van der Waals surface area (Å²) in [5.74, 6) is 0.655. The van der Waals surface area contributed by atoms with Crippen LogP contribution in [0.3, 0.4) is 0 Å². The first-order chi connectivity index (χ1) is 9.06. The lowest BCUT2D eigenvalue weighted by molar-refractivity contribution is -0.691. The number of hydrogen-bond acceptors (Lipinski definition) is 2. The molecule has 0 saturated carbocycles. The lowest BCUT2D eigenvalue weighted by atomic mass is 10.1. The van der Waals surface area contributed by atoms with Crippen molar-refractivity contribution in [2.24, 2.45) is 7.05 Å². The molecule has 0 radical (unpaired) electrons. The van der Waals surface area contributed by atoms with Gasteiger partial charge in [0.05, 0.1) is 7.05 Å². The van der Waals surface area contributed by atoms with Crippen molar-refractivity contribution in [3.8, 4) is 0 Å². The molecule has 2 rings (SSSR count). The van der Waals surface area contributed by atoms with Crippen LogP contribution in [0.1, 0.15) is 16.2 Å². The van der Waals surface area contributed by atoms with Gasteiger partial charge in [0, 0.05) is 37.4 Å². The van der Waals surface area contributed by atoms with Gasteiger partial charge in [-0.2, -0.15) is 0 Å². The van der Waals surface area contributed by atoms with E-state index in [2.05, 4.69) is 31.9 Å². The fourth-order valence-electron chi connectivity index (χ4n) is 1.87. The summed E-state index contributed by atoms with van der Waals surface area (Å²) in [5, 5.41) is 9.43. The third-order valence-electron chi connectivity index (χ3n) is 2.94. The summed E-state index contributed by atoms with van der Waals surface area (Å²) in [6.45, 7) is 0.0443. The van der Waals surface area contributed by atoms with Gasteiger partial charge < -0.3 is 22.1 Å². The Balaban J connectivity index is 0.00000200. The first-order valence-corrected chi connectivity index (χ1v) is 7.26. The maximum absolute atomic E-state index is 12.2. The van der Waals surface area contributed by atoms with Crippen molar-refractivity contribution in [2.75, 3.05) is 0 Å². The summed E-state index contributed by atoms with van der Waals surface area (Å²) >= 11 is 6.84. The van der Waals surface area contributed by atoms with Crippen LogP contribution in [0.2, 0.25) is 0 Å². The van der Waals surface area contributed by atoms with Crippen LogP contribution in [0.15, 0.2) is 39.5 Å². The first kappa shape index (κ1) is 17.6. The number of nitrogens with zero attached hydrogens (tertiary/aromatic N) is 2. The molecule has 0 bridgehead atoms. The zero-order valence-electron chi connectivity index (χ0n) is 10.7. The van der Waals surface area contributed by atoms with Gasteiger partial charge in [-0.25, -0.2) is 9.13 Å². The lowest BCUT2D eigenvalue weighted by Gasteiger charge is -2.01. The van der Waals surface area contributed by atoms with Crippen molar-refractivity contribution < 1.29 is 31.4 Å². The average molecular weight is 469 g/mol. The molecule has 20 heavy (non-hydrogen) atoms. The zero-order chi connectivity index (χ0) is 14.0. The number of hydrogen-bond donors (Lipinski definition) is 1. The van der Waals surface area contributed by atoms with E-state index in [0.717, 1.165) is 9.21 Å². The summed E-state index contributed by atoms with van der Waals surface area (Å²) in [5.41, 5.74) is 0.658. The fourth-order valence-corrected chi connectivity index (χ4v) is 2.88. The van der Waals surface area contributed by atoms with Gasteiger partial charge in [-0.3, -0.25) is 4.79 Å². The summed E-state index contributed by atoms with van der Waals surface area (Å²) in [6, 6.07) is 9.11. The van der Waals surface area contributed by atoms with E-state index in [0.29, 0.717) is 11.4 Å². The van der Waals surface area contributed by atoms with Gasteiger partial charge in [-0.1, -0.05) is 30.3 Å². The molecule has 0 atom stereocenters. The van der Waals surface area contributed by atoms with Crippen LogP contribution in [-0.2, 0) is 20.2 Å². The number of aliphatic hydroxyl groups excluding tert-OH is 1. The van der Waals surface area contributed by atoms with Crippen LogP contribution in [0.5, 0.6) is 0 Å². The van der Waals surface area contributed by atoms with Crippen molar-refractivity contribution >= 4 is 37.6 Å². The van der Waals surface area contributed by atoms with Crippen LogP contribution in [-0.4, -0.2) is 15.5 Å². The molecule has 108 valence electrons. The number of carbonyl (C=O) groups is 1. The average Bonchev–Trinajstić information content (AvgIpc) is 2.64. The molecule has 1 aromatic heterocycles. The van der Waals surface area contributed by atoms with Crippen LogP contribution in [0.25, 0.3) is 0 Å². The molecular weight excluding hydrogens is 456 g/mol. The predicted molar refractivity (Wildman–Crippen MR) is 77.7 cm³/mol. The Morgan fingerprint density at radius 3 is 2.45 bits per heavy atom. The van der Waals surface area contributed by atoms with Crippen LogP contribution in [0.4, 0.5) is 0 Å². The van der Waals surface area contributed by atoms with Gasteiger partial charge in [0.15, 0.2) is 6.54 Å². The molecule has 0 fully saturated rings. The smallest absolute Gasteiger partial charge is 0.284 e. The number of ketones is 1. The monoisotopic (exact) mass is 466 g/mol. The number of benzene rings is 1. The molecule has 4 nitrogen and oxygen atoms in total. The molecule has 1 heterocycles. The van der Waals surface area contributed by atoms with Crippen molar-refractivity contribution in [3.63, 3.8) is 0 Å². The number of halogens is 3. The highest BCUT2D eigenvalue weighted by Gasteiger charge is 2.26. The number of imidazole rings is 1. The normalized spacial score (nSPS) is 10.2. The van der Waals surface area contributed by atoms with E-state index >= 15 is 0 Å². The number of aromatic nitrogens is 2. The Bertz CT molecular complexity index is 612. The highest BCUT2D eigenvalue weighted by atomic mass is 79.9. The van der Waals surface area contributed by atoms with E-state index in [1.54, 1.807) is 21.3 Å². The van der Waals surface area contributed by atoms with Crippen molar-refractivity contribution in [2.45, 2.75) is 13.2 Å². The van der Waals surface area contributed by atoms with Crippen LogP contribution in [0, 0.1) is 0 Å². The second-order valence-electron chi connectivity index (χ2n) is 4.09. The highest BCUT2D eigenvalue weighted by molar-refractivity contribution is 9.13. The summed E-state index contributed by atoms with van der Waals surface area (Å²) < 4.78 is 5.07. The molecule has 0 saturated heterocycles. The van der Waals surface area contributed by atoms with E-state index in [-0.39, 0.29) is 35.9 Å². The van der Waals surface area contributed by atoms with Crippen LogP contribution < -0.4 is 21.5 Å². The third-order valence-corrected chi connectivity index (χ3v) is 5.18. The van der Waals surface area contributed by atoms with Gasteiger partial charge in [0.2, 0.25) is 15.0 Å². The third kappa shape index (κ3) is 3.39. The predicted octanol–water partition coefficient (Wildman–Crippen LogP) is -0.783. The van der Waals surface area contributed by atoms with Crippen molar-refractivity contribution in [1.29, 1.82) is 0 Å². The van der Waals surface area contributed by atoms with E-state index < -0.39 is 0 Å². The molecule has 1 aromatic carbocycles. The van der Waals surface area contributed by atoms with Crippen LogP contribution >= 0.6 is 31.9 Å². The first-order valence-electron chi connectivity index (χ1n) is 5.67. The minimum Gasteiger partial charge on any atom is -1.00 e. The van der Waals surface area contributed by atoms with Gasteiger partial charge in [0.25, 0.3) is 5.82 Å². The SMILES string of the molecule is C[n+]1c(Br)c(Br)n(CC(=O)c2ccccc2)c1CO.[Br-]. The molecule has 0 aliphatic carbocycles. The van der Waals surface area contributed by atoms with Crippen molar-refractivity contribution in [1.82, 2.24) is 4.57 Å². The number of rotatable bonds is 4. The Hall–Kier alpha value is -0.500. The van der Waals surface area contributed by atoms with E-state index in [9.17, 15) is 9.90 Å².